The predicted molar refractivity (Wildman–Crippen MR) is 124 cm³/mol. The summed E-state index contributed by atoms with van der Waals surface area (Å²) in [5.74, 6) is 0.255. The maximum atomic E-state index is 10.2. The second kappa shape index (κ2) is 9.66. The summed E-state index contributed by atoms with van der Waals surface area (Å²) >= 11 is 0. The summed E-state index contributed by atoms with van der Waals surface area (Å²) in [7, 11) is 0. The zero-order valence-electron chi connectivity index (χ0n) is 18.2. The molecule has 0 saturated heterocycles. The topological polar surface area (TPSA) is 108 Å². The van der Waals surface area contributed by atoms with Gasteiger partial charge in [0, 0.05) is 12.5 Å². The van der Waals surface area contributed by atoms with Crippen LogP contribution in [0.4, 0.5) is 5.82 Å². The molecular formula is C25H27N5O3. The molecule has 8 heteroatoms. The molecule has 0 amide bonds. The van der Waals surface area contributed by atoms with Crippen LogP contribution in [0.5, 0.6) is 0 Å². The summed E-state index contributed by atoms with van der Waals surface area (Å²) in [4.78, 5) is 12.9. The molecule has 0 bridgehead atoms. The number of hydrogen-bond donors (Lipinski definition) is 2. The van der Waals surface area contributed by atoms with Gasteiger partial charge >= 0.3 is 0 Å². The van der Waals surface area contributed by atoms with Crippen molar-refractivity contribution >= 4 is 17.0 Å². The molecule has 8 nitrogen and oxygen atoms in total. The first-order valence-electron chi connectivity index (χ1n) is 11.1. The van der Waals surface area contributed by atoms with Gasteiger partial charge in [-0.25, -0.2) is 15.0 Å². The van der Waals surface area contributed by atoms with E-state index in [0.717, 1.165) is 11.1 Å². The van der Waals surface area contributed by atoms with Crippen molar-refractivity contribution in [1.29, 1.82) is 0 Å². The number of hydrogen-bond acceptors (Lipinski definition) is 7. The molecule has 0 aliphatic heterocycles. The SMILES string of the molecule is Nc1ncnc2c1ncn2[C@@H]1C[C@H](CO)[C@@H](OCc2ccccc2)[C@@H]1OCc1ccccc1. The normalized spacial score (nSPS) is 22.7. The Balaban J connectivity index is 1.45. The fraction of sp³-hybridized carbons (Fsp3) is 0.320. The highest BCUT2D eigenvalue weighted by Gasteiger charge is 2.46. The molecule has 0 radical (unpaired) electrons. The average molecular weight is 446 g/mol. The maximum absolute atomic E-state index is 10.2. The Morgan fingerprint density at radius 2 is 1.52 bits per heavy atom. The number of nitrogens with two attached hydrogens (primary N) is 1. The van der Waals surface area contributed by atoms with Crippen molar-refractivity contribution in [3.8, 4) is 0 Å². The minimum absolute atomic E-state index is 0.00487. The van der Waals surface area contributed by atoms with Crippen molar-refractivity contribution in [2.24, 2.45) is 5.92 Å². The molecule has 0 spiro atoms. The van der Waals surface area contributed by atoms with Crippen LogP contribution in [0.2, 0.25) is 0 Å². The summed E-state index contributed by atoms with van der Waals surface area (Å²) in [5, 5.41) is 10.2. The Labute approximate surface area is 192 Å². The second-order valence-corrected chi connectivity index (χ2v) is 8.35. The van der Waals surface area contributed by atoms with Crippen molar-refractivity contribution < 1.29 is 14.6 Å². The van der Waals surface area contributed by atoms with Gasteiger partial charge < -0.3 is 24.9 Å². The number of ether oxygens (including phenoxy) is 2. The van der Waals surface area contributed by atoms with Crippen LogP contribution in [-0.2, 0) is 22.7 Å². The molecule has 1 aliphatic rings. The summed E-state index contributed by atoms with van der Waals surface area (Å²) in [6.07, 6.45) is 3.25. The number of nitrogens with zero attached hydrogens (tertiary/aromatic N) is 4. The Bertz CT molecular complexity index is 1180. The molecule has 3 N–H and O–H groups in total. The van der Waals surface area contributed by atoms with Crippen LogP contribution in [0.25, 0.3) is 11.2 Å². The van der Waals surface area contributed by atoms with Gasteiger partial charge in [-0.1, -0.05) is 60.7 Å². The number of anilines is 1. The molecule has 33 heavy (non-hydrogen) atoms. The van der Waals surface area contributed by atoms with Crippen molar-refractivity contribution in [2.75, 3.05) is 12.3 Å². The Kier molecular flexibility index (Phi) is 6.30. The molecule has 1 aliphatic carbocycles. The average Bonchev–Trinajstić information content (AvgIpc) is 3.44. The quantitative estimate of drug-likeness (QED) is 0.429. The molecule has 1 fully saturated rings. The number of fused-ring (bicyclic) bond motifs is 1. The van der Waals surface area contributed by atoms with Crippen molar-refractivity contribution in [2.45, 2.75) is 37.9 Å². The first-order chi connectivity index (χ1) is 16.2. The van der Waals surface area contributed by atoms with E-state index in [0.29, 0.717) is 36.6 Å². The van der Waals surface area contributed by atoms with Crippen LogP contribution < -0.4 is 5.73 Å². The molecule has 0 unspecified atom stereocenters. The van der Waals surface area contributed by atoms with Gasteiger partial charge in [-0.3, -0.25) is 0 Å². The van der Waals surface area contributed by atoms with E-state index >= 15 is 0 Å². The zero-order chi connectivity index (χ0) is 22.6. The number of aliphatic hydroxyl groups is 1. The first kappa shape index (κ1) is 21.5. The van der Waals surface area contributed by atoms with Crippen molar-refractivity contribution in [1.82, 2.24) is 19.5 Å². The van der Waals surface area contributed by atoms with Crippen LogP contribution in [0.1, 0.15) is 23.6 Å². The molecule has 5 rings (SSSR count). The second-order valence-electron chi connectivity index (χ2n) is 8.35. The van der Waals surface area contributed by atoms with Crippen molar-refractivity contribution in [3.63, 3.8) is 0 Å². The smallest absolute Gasteiger partial charge is 0.165 e. The number of nitrogen functional groups attached to an aromatic ring is 1. The Morgan fingerprint density at radius 1 is 0.879 bits per heavy atom. The first-order valence-corrected chi connectivity index (χ1v) is 11.1. The van der Waals surface area contributed by atoms with Gasteiger partial charge in [-0.15, -0.1) is 0 Å². The Hall–Kier alpha value is -3.33. The highest BCUT2D eigenvalue weighted by atomic mass is 16.5. The molecule has 170 valence electrons. The number of imidazole rings is 1. The molecule has 4 aromatic rings. The lowest BCUT2D eigenvalue weighted by atomic mass is 10.1. The summed E-state index contributed by atoms with van der Waals surface area (Å²) < 4.78 is 14.8. The molecule has 2 aromatic carbocycles. The van der Waals surface area contributed by atoms with Gasteiger partial charge in [-0.2, -0.15) is 0 Å². The van der Waals surface area contributed by atoms with E-state index in [4.69, 9.17) is 15.2 Å². The Morgan fingerprint density at radius 3 is 2.15 bits per heavy atom. The van der Waals surface area contributed by atoms with Gasteiger partial charge in [0.2, 0.25) is 0 Å². The zero-order valence-corrected chi connectivity index (χ0v) is 18.2. The molecule has 2 aromatic heterocycles. The van der Waals surface area contributed by atoms with E-state index in [-0.39, 0.29) is 30.8 Å². The molecule has 4 atom stereocenters. The van der Waals surface area contributed by atoms with Crippen LogP contribution >= 0.6 is 0 Å². The third-order valence-corrected chi connectivity index (χ3v) is 6.26. The minimum Gasteiger partial charge on any atom is -0.396 e. The van der Waals surface area contributed by atoms with Gasteiger partial charge in [0.25, 0.3) is 0 Å². The lowest BCUT2D eigenvalue weighted by molar-refractivity contribution is -0.0982. The van der Waals surface area contributed by atoms with E-state index in [9.17, 15) is 5.11 Å². The van der Waals surface area contributed by atoms with Crippen LogP contribution in [0.3, 0.4) is 0 Å². The summed E-state index contributed by atoms with van der Waals surface area (Å²) in [5.41, 5.74) is 9.38. The predicted octanol–water partition coefficient (Wildman–Crippen LogP) is 3.13. The van der Waals surface area contributed by atoms with Gasteiger partial charge in [0.05, 0.1) is 31.7 Å². The number of rotatable bonds is 8. The lowest BCUT2D eigenvalue weighted by Crippen LogP contribution is -2.35. The van der Waals surface area contributed by atoms with Gasteiger partial charge in [-0.05, 0) is 17.5 Å². The van der Waals surface area contributed by atoms with Gasteiger partial charge in [0.15, 0.2) is 11.5 Å². The molecule has 1 saturated carbocycles. The lowest BCUT2D eigenvalue weighted by Gasteiger charge is -2.27. The number of aromatic nitrogens is 4. The van der Waals surface area contributed by atoms with E-state index in [1.54, 1.807) is 6.33 Å². The highest BCUT2D eigenvalue weighted by molar-refractivity contribution is 5.81. The fourth-order valence-electron chi connectivity index (χ4n) is 4.60. The van der Waals surface area contributed by atoms with Gasteiger partial charge in [0.1, 0.15) is 17.9 Å². The third kappa shape index (κ3) is 4.45. The number of aliphatic hydroxyl groups excluding tert-OH is 1. The standard InChI is InChI=1S/C25H27N5O3/c26-24-21-25(28-15-27-24)30(16-29-21)20-11-19(12-31)22(32-13-17-7-3-1-4-8-17)23(20)33-14-18-9-5-2-6-10-18/h1-10,15-16,19-20,22-23,31H,11-14H2,(H2,26,27,28)/t19-,20-,22-,23-/m1/s1. The number of benzene rings is 2. The highest BCUT2D eigenvalue weighted by Crippen LogP contribution is 2.41. The van der Waals surface area contributed by atoms with E-state index in [1.807, 2.05) is 65.2 Å². The maximum Gasteiger partial charge on any atom is 0.165 e. The van der Waals surface area contributed by atoms with E-state index in [1.165, 1.54) is 6.33 Å². The summed E-state index contributed by atoms with van der Waals surface area (Å²) in [6.45, 7) is 0.889. The fourth-order valence-corrected chi connectivity index (χ4v) is 4.60. The minimum atomic E-state index is -0.306. The van der Waals surface area contributed by atoms with Crippen LogP contribution in [0.15, 0.2) is 73.3 Å². The monoisotopic (exact) mass is 445 g/mol. The third-order valence-electron chi connectivity index (χ3n) is 6.26. The molecular weight excluding hydrogens is 418 g/mol. The molecule has 2 heterocycles. The van der Waals surface area contributed by atoms with Crippen molar-refractivity contribution in [3.05, 3.63) is 84.4 Å². The summed E-state index contributed by atoms with van der Waals surface area (Å²) in [6, 6.07) is 19.9. The van der Waals surface area contributed by atoms with Crippen LogP contribution in [0, 0.1) is 5.92 Å². The largest absolute Gasteiger partial charge is 0.396 e. The van der Waals surface area contributed by atoms with E-state index in [2.05, 4.69) is 15.0 Å². The van der Waals surface area contributed by atoms with Crippen LogP contribution in [-0.4, -0.2) is 43.4 Å². The van der Waals surface area contributed by atoms with E-state index < -0.39 is 0 Å².